The Morgan fingerprint density at radius 2 is 1.66 bits per heavy atom. The van der Waals surface area contributed by atoms with Crippen LogP contribution in [0.5, 0.6) is 11.5 Å². The summed E-state index contributed by atoms with van der Waals surface area (Å²) in [5.41, 5.74) is 1.39. The maximum atomic E-state index is 13.1. The fraction of sp³-hybridized carbons (Fsp3) is 0.391. The molecule has 0 atom stereocenters. The largest absolute Gasteiger partial charge is 0.486 e. The Bertz CT molecular complexity index is 906. The van der Waals surface area contributed by atoms with Crippen LogP contribution in [0.25, 0.3) is 0 Å². The number of carbonyl (C=O) groups excluding carboxylic acids is 2. The summed E-state index contributed by atoms with van der Waals surface area (Å²) in [6.07, 6.45) is 5.61. The zero-order valence-electron chi connectivity index (χ0n) is 16.6. The van der Waals surface area contributed by atoms with Crippen LogP contribution in [0.1, 0.15) is 52.8 Å². The first-order valence-electron chi connectivity index (χ1n) is 10.2. The third-order valence-electron chi connectivity index (χ3n) is 5.66. The number of hydrogen-bond acceptors (Lipinski definition) is 4. The van der Waals surface area contributed by atoms with E-state index in [4.69, 9.17) is 9.47 Å². The van der Waals surface area contributed by atoms with Crippen LogP contribution in [0.4, 0.5) is 5.69 Å². The molecule has 0 saturated heterocycles. The minimum absolute atomic E-state index is 0.0672. The third kappa shape index (κ3) is 4.06. The summed E-state index contributed by atoms with van der Waals surface area (Å²) in [4.78, 5) is 27.9. The number of anilines is 1. The van der Waals surface area contributed by atoms with Gasteiger partial charge in [-0.2, -0.15) is 0 Å². The van der Waals surface area contributed by atoms with Crippen LogP contribution >= 0.6 is 0 Å². The van der Waals surface area contributed by atoms with Gasteiger partial charge in [-0.25, -0.2) is 0 Å². The van der Waals surface area contributed by atoms with E-state index in [0.717, 1.165) is 25.7 Å². The highest BCUT2D eigenvalue weighted by molar-refractivity contribution is 6.10. The van der Waals surface area contributed by atoms with Crippen LogP contribution < -0.4 is 14.8 Å². The Morgan fingerprint density at radius 1 is 0.931 bits per heavy atom. The number of carbonyl (C=O) groups is 2. The van der Waals surface area contributed by atoms with Crippen molar-refractivity contribution in [2.75, 3.05) is 25.6 Å². The molecule has 0 spiro atoms. The highest BCUT2D eigenvalue weighted by atomic mass is 16.6. The number of para-hydroxylation sites is 2. The molecule has 1 fully saturated rings. The third-order valence-corrected chi connectivity index (χ3v) is 5.66. The molecule has 6 heteroatoms. The quantitative estimate of drug-likeness (QED) is 0.847. The molecular formula is C23H26N2O4. The van der Waals surface area contributed by atoms with Crippen LogP contribution in [-0.4, -0.2) is 43.0 Å². The summed E-state index contributed by atoms with van der Waals surface area (Å²) >= 11 is 0. The Labute approximate surface area is 170 Å². The average molecular weight is 394 g/mol. The van der Waals surface area contributed by atoms with Gasteiger partial charge in [-0.05, 0) is 37.1 Å². The Hall–Kier alpha value is -3.02. The van der Waals surface area contributed by atoms with Crippen LogP contribution in [0.3, 0.4) is 0 Å². The van der Waals surface area contributed by atoms with Crippen LogP contribution in [0, 0.1) is 0 Å². The van der Waals surface area contributed by atoms with Crippen molar-refractivity contribution in [3.63, 3.8) is 0 Å². The second-order valence-electron chi connectivity index (χ2n) is 7.54. The minimum atomic E-state index is -0.326. The summed E-state index contributed by atoms with van der Waals surface area (Å²) in [5.74, 6) is 0.611. The summed E-state index contributed by atoms with van der Waals surface area (Å²) < 4.78 is 11.2. The standard InChI is InChI=1S/C23H26N2O4/c1-25(16-8-3-2-4-9-16)23(27)17-10-5-6-12-19(17)24-22(26)18-11-7-13-20-21(18)29-15-14-28-20/h5-7,10-13,16H,2-4,8-9,14-15H2,1H3,(H,24,26). The number of fused-ring (bicyclic) bond motifs is 1. The van der Waals surface area contributed by atoms with Crippen LogP contribution in [0.2, 0.25) is 0 Å². The maximum Gasteiger partial charge on any atom is 0.259 e. The second kappa shape index (κ2) is 8.55. The Balaban J connectivity index is 1.56. The van der Waals surface area contributed by atoms with Crippen molar-refractivity contribution >= 4 is 17.5 Å². The van der Waals surface area contributed by atoms with Gasteiger partial charge >= 0.3 is 0 Å². The molecule has 29 heavy (non-hydrogen) atoms. The first-order chi connectivity index (χ1) is 14.1. The molecule has 1 heterocycles. The zero-order chi connectivity index (χ0) is 20.2. The number of rotatable bonds is 4. The molecule has 1 N–H and O–H groups in total. The van der Waals surface area contributed by atoms with Gasteiger partial charge in [0.05, 0.1) is 16.8 Å². The highest BCUT2D eigenvalue weighted by Gasteiger charge is 2.26. The lowest BCUT2D eigenvalue weighted by molar-refractivity contribution is 0.0697. The van der Waals surface area contributed by atoms with E-state index in [0.29, 0.717) is 41.5 Å². The van der Waals surface area contributed by atoms with Gasteiger partial charge in [0, 0.05) is 13.1 Å². The van der Waals surface area contributed by atoms with E-state index >= 15 is 0 Å². The lowest BCUT2D eigenvalue weighted by Gasteiger charge is -2.31. The monoisotopic (exact) mass is 394 g/mol. The van der Waals surface area contributed by atoms with Crippen molar-refractivity contribution in [1.29, 1.82) is 0 Å². The van der Waals surface area contributed by atoms with Crippen molar-refractivity contribution in [3.05, 3.63) is 53.6 Å². The summed E-state index contributed by atoms with van der Waals surface area (Å²) in [6.45, 7) is 0.863. The van der Waals surface area contributed by atoms with Gasteiger partial charge in [-0.1, -0.05) is 37.5 Å². The maximum absolute atomic E-state index is 13.1. The van der Waals surface area contributed by atoms with Crippen molar-refractivity contribution in [1.82, 2.24) is 4.90 Å². The lowest BCUT2D eigenvalue weighted by atomic mass is 9.94. The van der Waals surface area contributed by atoms with E-state index in [-0.39, 0.29) is 17.9 Å². The molecule has 1 aliphatic heterocycles. The molecule has 2 aliphatic rings. The van der Waals surface area contributed by atoms with E-state index in [1.807, 2.05) is 24.1 Å². The molecule has 1 saturated carbocycles. The SMILES string of the molecule is CN(C(=O)c1ccccc1NC(=O)c1cccc2c1OCCO2)C1CCCCC1. The average Bonchev–Trinajstić information content (AvgIpc) is 2.78. The van der Waals surface area contributed by atoms with E-state index in [1.54, 1.807) is 30.3 Å². The van der Waals surface area contributed by atoms with Crippen molar-refractivity contribution in [2.45, 2.75) is 38.1 Å². The summed E-state index contributed by atoms with van der Waals surface area (Å²) in [6, 6.07) is 12.6. The van der Waals surface area contributed by atoms with Gasteiger partial charge in [-0.15, -0.1) is 0 Å². The van der Waals surface area contributed by atoms with Crippen LogP contribution in [0.15, 0.2) is 42.5 Å². The highest BCUT2D eigenvalue weighted by Crippen LogP contribution is 2.34. The predicted molar refractivity (Wildman–Crippen MR) is 111 cm³/mol. The molecule has 152 valence electrons. The molecule has 1 aliphatic carbocycles. The molecule has 0 unspecified atom stereocenters. The van der Waals surface area contributed by atoms with Gasteiger partial charge in [-0.3, -0.25) is 9.59 Å². The lowest BCUT2D eigenvalue weighted by Crippen LogP contribution is -2.38. The number of amides is 2. The molecule has 2 aromatic rings. The van der Waals surface area contributed by atoms with Gasteiger partial charge in [0.2, 0.25) is 0 Å². The number of ether oxygens (including phenoxy) is 2. The normalized spacial score (nSPS) is 16.2. The first-order valence-corrected chi connectivity index (χ1v) is 10.2. The molecule has 2 aromatic carbocycles. The number of benzene rings is 2. The molecular weight excluding hydrogens is 368 g/mol. The molecule has 4 rings (SSSR count). The second-order valence-corrected chi connectivity index (χ2v) is 7.54. The van der Waals surface area contributed by atoms with Crippen molar-refractivity contribution in [2.24, 2.45) is 0 Å². The zero-order valence-corrected chi connectivity index (χ0v) is 16.6. The van der Waals surface area contributed by atoms with E-state index in [2.05, 4.69) is 5.32 Å². The van der Waals surface area contributed by atoms with E-state index in [1.165, 1.54) is 6.42 Å². The van der Waals surface area contributed by atoms with Gasteiger partial charge < -0.3 is 19.7 Å². The number of nitrogens with one attached hydrogen (secondary N) is 1. The van der Waals surface area contributed by atoms with E-state index < -0.39 is 0 Å². The Morgan fingerprint density at radius 3 is 2.48 bits per heavy atom. The first kappa shape index (κ1) is 19.3. The van der Waals surface area contributed by atoms with Crippen molar-refractivity contribution in [3.8, 4) is 11.5 Å². The predicted octanol–water partition coefficient (Wildman–Crippen LogP) is 4.11. The summed E-state index contributed by atoms with van der Waals surface area (Å²) in [7, 11) is 1.86. The fourth-order valence-electron chi connectivity index (χ4n) is 4.04. The van der Waals surface area contributed by atoms with Crippen molar-refractivity contribution < 1.29 is 19.1 Å². The molecule has 2 amide bonds. The topological polar surface area (TPSA) is 67.9 Å². The molecule has 6 nitrogen and oxygen atoms in total. The summed E-state index contributed by atoms with van der Waals surface area (Å²) in [5, 5.41) is 2.89. The van der Waals surface area contributed by atoms with Crippen LogP contribution in [-0.2, 0) is 0 Å². The van der Waals surface area contributed by atoms with Gasteiger partial charge in [0.25, 0.3) is 11.8 Å². The molecule has 0 radical (unpaired) electrons. The van der Waals surface area contributed by atoms with Gasteiger partial charge in [0.1, 0.15) is 13.2 Å². The Kier molecular flexibility index (Phi) is 5.69. The fourth-order valence-corrected chi connectivity index (χ4v) is 4.04. The molecule has 0 aromatic heterocycles. The smallest absolute Gasteiger partial charge is 0.259 e. The number of nitrogens with zero attached hydrogens (tertiary/aromatic N) is 1. The number of hydrogen-bond donors (Lipinski definition) is 1. The minimum Gasteiger partial charge on any atom is -0.486 e. The van der Waals surface area contributed by atoms with Gasteiger partial charge in [0.15, 0.2) is 11.5 Å². The van der Waals surface area contributed by atoms with E-state index in [9.17, 15) is 9.59 Å². The molecule has 0 bridgehead atoms.